The van der Waals surface area contributed by atoms with Gasteiger partial charge in [0, 0.05) is 19.8 Å². The lowest BCUT2D eigenvalue weighted by Crippen LogP contribution is -2.42. The van der Waals surface area contributed by atoms with Crippen LogP contribution in [0.4, 0.5) is 4.79 Å². The summed E-state index contributed by atoms with van der Waals surface area (Å²) in [5, 5.41) is 20.8. The molecule has 0 saturated carbocycles. The first-order valence-electron chi connectivity index (χ1n) is 7.89. The Balaban J connectivity index is 2.14. The van der Waals surface area contributed by atoms with Gasteiger partial charge in [-0.15, -0.1) is 10.2 Å². The zero-order valence-corrected chi connectivity index (χ0v) is 14.1. The van der Waals surface area contributed by atoms with Gasteiger partial charge in [-0.25, -0.2) is 4.79 Å². The van der Waals surface area contributed by atoms with Crippen LogP contribution in [0.15, 0.2) is 24.4 Å². The van der Waals surface area contributed by atoms with Crippen LogP contribution in [0.25, 0.3) is 5.65 Å². The van der Waals surface area contributed by atoms with E-state index in [1.165, 1.54) is 0 Å². The van der Waals surface area contributed by atoms with Crippen LogP contribution >= 0.6 is 0 Å². The van der Waals surface area contributed by atoms with Gasteiger partial charge in [-0.05, 0) is 31.4 Å². The number of amides is 2. The molecule has 2 aromatic rings. The second kappa shape index (κ2) is 7.41. The minimum absolute atomic E-state index is 0.164. The van der Waals surface area contributed by atoms with E-state index in [0.717, 1.165) is 5.65 Å². The largest absolute Gasteiger partial charge is 0.393 e. The maximum atomic E-state index is 12.4. The Morgan fingerprint density at radius 1 is 1.35 bits per heavy atom. The molecule has 0 saturated heterocycles. The molecular formula is C16H25N5O2. The van der Waals surface area contributed by atoms with E-state index >= 15 is 0 Å². The van der Waals surface area contributed by atoms with Gasteiger partial charge in [-0.1, -0.05) is 19.9 Å². The highest BCUT2D eigenvalue weighted by molar-refractivity contribution is 5.74. The molecule has 2 atom stereocenters. The molecule has 0 spiro atoms. The summed E-state index contributed by atoms with van der Waals surface area (Å²) in [6.07, 6.45) is 2.01. The molecule has 0 aliphatic heterocycles. The van der Waals surface area contributed by atoms with Gasteiger partial charge in [0.1, 0.15) is 0 Å². The number of carbonyl (C=O) groups is 1. The van der Waals surface area contributed by atoms with Crippen molar-refractivity contribution < 1.29 is 9.90 Å². The molecule has 0 aromatic carbocycles. The Bertz CT molecular complexity index is 653. The molecule has 2 aromatic heterocycles. The number of aliphatic hydroxyl groups is 1. The van der Waals surface area contributed by atoms with Gasteiger partial charge in [0.25, 0.3) is 0 Å². The predicted octanol–water partition coefficient (Wildman–Crippen LogP) is 1.84. The van der Waals surface area contributed by atoms with Gasteiger partial charge >= 0.3 is 6.03 Å². The second-order valence-electron chi connectivity index (χ2n) is 6.22. The minimum atomic E-state index is -0.424. The summed E-state index contributed by atoms with van der Waals surface area (Å²) < 4.78 is 1.89. The molecule has 2 unspecified atom stereocenters. The van der Waals surface area contributed by atoms with Crippen LogP contribution in [0.3, 0.4) is 0 Å². The van der Waals surface area contributed by atoms with Crippen molar-refractivity contribution in [3.8, 4) is 0 Å². The maximum Gasteiger partial charge on any atom is 0.317 e. The van der Waals surface area contributed by atoms with Crippen LogP contribution in [0.1, 0.15) is 39.1 Å². The highest BCUT2D eigenvalue weighted by Gasteiger charge is 2.24. The second-order valence-corrected chi connectivity index (χ2v) is 6.22. The molecule has 0 radical (unpaired) electrons. The van der Waals surface area contributed by atoms with Gasteiger partial charge in [-0.3, -0.25) is 4.40 Å². The van der Waals surface area contributed by atoms with Crippen molar-refractivity contribution in [1.82, 2.24) is 24.8 Å². The van der Waals surface area contributed by atoms with Crippen molar-refractivity contribution in [3.05, 3.63) is 30.2 Å². The first-order valence-corrected chi connectivity index (χ1v) is 7.89. The number of aromatic nitrogens is 3. The van der Waals surface area contributed by atoms with Gasteiger partial charge < -0.3 is 15.3 Å². The SMILES string of the molecule is CC(O)CCN(C)C(=O)NC(c1nnc2ccccn12)C(C)C. The number of aliphatic hydroxyl groups excluding tert-OH is 1. The summed E-state index contributed by atoms with van der Waals surface area (Å²) >= 11 is 0. The number of urea groups is 1. The Morgan fingerprint density at radius 2 is 2.09 bits per heavy atom. The van der Waals surface area contributed by atoms with Crippen LogP contribution in [0, 0.1) is 5.92 Å². The lowest BCUT2D eigenvalue weighted by atomic mass is 10.0. The van der Waals surface area contributed by atoms with Gasteiger partial charge in [0.2, 0.25) is 0 Å². The van der Waals surface area contributed by atoms with Crippen molar-refractivity contribution in [2.45, 2.75) is 39.3 Å². The van der Waals surface area contributed by atoms with E-state index in [1.54, 1.807) is 18.9 Å². The lowest BCUT2D eigenvalue weighted by Gasteiger charge is -2.25. The number of nitrogens with zero attached hydrogens (tertiary/aromatic N) is 4. The minimum Gasteiger partial charge on any atom is -0.393 e. The van der Waals surface area contributed by atoms with Gasteiger partial charge in [0.05, 0.1) is 12.1 Å². The topological polar surface area (TPSA) is 82.8 Å². The molecule has 0 fully saturated rings. The first-order chi connectivity index (χ1) is 10.9. The van der Waals surface area contributed by atoms with E-state index in [1.807, 2.05) is 42.6 Å². The highest BCUT2D eigenvalue weighted by atomic mass is 16.3. The van der Waals surface area contributed by atoms with Crippen molar-refractivity contribution in [3.63, 3.8) is 0 Å². The molecule has 0 aliphatic rings. The van der Waals surface area contributed by atoms with E-state index in [4.69, 9.17) is 0 Å². The third-order valence-corrected chi connectivity index (χ3v) is 3.79. The van der Waals surface area contributed by atoms with Crippen molar-refractivity contribution >= 4 is 11.7 Å². The molecule has 2 N–H and O–H groups in total. The normalized spacial score (nSPS) is 14.0. The summed E-state index contributed by atoms with van der Waals surface area (Å²) in [4.78, 5) is 14.0. The smallest absolute Gasteiger partial charge is 0.317 e. The third-order valence-electron chi connectivity index (χ3n) is 3.79. The molecule has 0 bridgehead atoms. The summed E-state index contributed by atoms with van der Waals surface area (Å²) in [6.45, 7) is 6.27. The Morgan fingerprint density at radius 3 is 2.74 bits per heavy atom. The van der Waals surface area contributed by atoms with E-state index in [-0.39, 0.29) is 18.0 Å². The predicted molar refractivity (Wildman–Crippen MR) is 88.0 cm³/mol. The van der Waals surface area contributed by atoms with Gasteiger partial charge in [-0.2, -0.15) is 0 Å². The number of hydrogen-bond donors (Lipinski definition) is 2. The van der Waals surface area contributed by atoms with E-state index in [2.05, 4.69) is 15.5 Å². The third kappa shape index (κ3) is 4.19. The van der Waals surface area contributed by atoms with Crippen molar-refractivity contribution in [1.29, 1.82) is 0 Å². The molecule has 2 amide bonds. The molecule has 2 heterocycles. The molecule has 7 nitrogen and oxygen atoms in total. The average Bonchev–Trinajstić information content (AvgIpc) is 2.93. The fourth-order valence-corrected chi connectivity index (χ4v) is 2.33. The Kier molecular flexibility index (Phi) is 5.54. The first kappa shape index (κ1) is 17.2. The number of rotatable bonds is 6. The van der Waals surface area contributed by atoms with E-state index < -0.39 is 6.10 Å². The summed E-state index contributed by atoms with van der Waals surface area (Å²) in [5.41, 5.74) is 0.754. The van der Waals surface area contributed by atoms with Crippen LogP contribution in [-0.4, -0.2) is 50.3 Å². The van der Waals surface area contributed by atoms with Crippen LogP contribution < -0.4 is 5.32 Å². The monoisotopic (exact) mass is 319 g/mol. The molecule has 7 heteroatoms. The Labute approximate surface area is 136 Å². The van der Waals surface area contributed by atoms with Crippen LogP contribution in [0.2, 0.25) is 0 Å². The van der Waals surface area contributed by atoms with Crippen LogP contribution in [-0.2, 0) is 0 Å². The highest BCUT2D eigenvalue weighted by Crippen LogP contribution is 2.21. The fraction of sp³-hybridized carbons (Fsp3) is 0.562. The van der Waals surface area contributed by atoms with Crippen molar-refractivity contribution in [2.75, 3.05) is 13.6 Å². The molecule has 2 rings (SSSR count). The number of nitrogens with one attached hydrogen (secondary N) is 1. The summed E-state index contributed by atoms with van der Waals surface area (Å²) in [5.74, 6) is 0.879. The van der Waals surface area contributed by atoms with Crippen molar-refractivity contribution in [2.24, 2.45) is 5.92 Å². The average molecular weight is 319 g/mol. The lowest BCUT2D eigenvalue weighted by molar-refractivity contribution is 0.161. The molecule has 126 valence electrons. The fourth-order valence-electron chi connectivity index (χ4n) is 2.33. The van der Waals surface area contributed by atoms with E-state index in [9.17, 15) is 9.90 Å². The number of pyridine rings is 1. The van der Waals surface area contributed by atoms with Gasteiger partial charge in [0.15, 0.2) is 11.5 Å². The zero-order valence-electron chi connectivity index (χ0n) is 14.1. The number of fused-ring (bicyclic) bond motifs is 1. The summed E-state index contributed by atoms with van der Waals surface area (Å²) in [7, 11) is 1.72. The Hall–Kier alpha value is -2.15. The maximum absolute atomic E-state index is 12.4. The molecule has 23 heavy (non-hydrogen) atoms. The van der Waals surface area contributed by atoms with E-state index in [0.29, 0.717) is 18.8 Å². The zero-order chi connectivity index (χ0) is 17.0. The van der Waals surface area contributed by atoms with Crippen LogP contribution in [0.5, 0.6) is 0 Å². The molecular weight excluding hydrogens is 294 g/mol. The molecule has 0 aliphatic carbocycles. The quantitative estimate of drug-likeness (QED) is 0.851. The standard InChI is InChI=1S/C16H25N5O2/c1-11(2)14(17-16(23)20(4)10-8-12(3)22)15-19-18-13-7-5-6-9-21(13)15/h5-7,9,11-12,14,22H,8,10H2,1-4H3,(H,17,23). The summed E-state index contributed by atoms with van der Waals surface area (Å²) in [6, 6.07) is 5.27. The number of carbonyl (C=O) groups excluding carboxylic acids is 1. The number of hydrogen-bond acceptors (Lipinski definition) is 4.